The summed E-state index contributed by atoms with van der Waals surface area (Å²) in [4.78, 5) is 14.0. The Morgan fingerprint density at radius 2 is 1.05 bits per heavy atom. The quantitative estimate of drug-likeness (QED) is 0.534. The van der Waals surface area contributed by atoms with E-state index in [4.69, 9.17) is 18.9 Å². The van der Waals surface area contributed by atoms with Crippen LogP contribution in [0.15, 0.2) is 24.8 Å². The molecular formula is C14H22N4O4. The van der Waals surface area contributed by atoms with Crippen molar-refractivity contribution in [1.29, 1.82) is 0 Å². The number of imidazole rings is 2. The van der Waals surface area contributed by atoms with Gasteiger partial charge < -0.3 is 28.9 Å². The van der Waals surface area contributed by atoms with Gasteiger partial charge in [0, 0.05) is 24.8 Å². The Morgan fingerprint density at radius 1 is 0.636 bits per heavy atom. The predicted octanol–water partition coefficient (Wildman–Crippen LogP) is 0.899. The average molecular weight is 310 g/mol. The van der Waals surface area contributed by atoms with Crippen molar-refractivity contribution in [1.82, 2.24) is 19.9 Å². The van der Waals surface area contributed by atoms with E-state index in [-0.39, 0.29) is 0 Å². The molecule has 0 fully saturated rings. The molecule has 2 N–H and O–H groups in total. The number of ether oxygens (including phenoxy) is 4. The predicted molar refractivity (Wildman–Crippen MR) is 78.1 cm³/mol. The highest BCUT2D eigenvalue weighted by molar-refractivity contribution is 4.84. The van der Waals surface area contributed by atoms with Crippen molar-refractivity contribution in [3.63, 3.8) is 0 Å². The summed E-state index contributed by atoms with van der Waals surface area (Å²) in [6.45, 7) is 4.18. The van der Waals surface area contributed by atoms with Crippen molar-refractivity contribution < 1.29 is 18.9 Å². The molecule has 0 radical (unpaired) electrons. The molecule has 2 aromatic rings. The lowest BCUT2D eigenvalue weighted by molar-refractivity contribution is -0.00731. The topological polar surface area (TPSA) is 94.3 Å². The van der Waals surface area contributed by atoms with Crippen LogP contribution >= 0.6 is 0 Å². The van der Waals surface area contributed by atoms with Gasteiger partial charge in [-0.3, -0.25) is 0 Å². The summed E-state index contributed by atoms with van der Waals surface area (Å²) in [5.41, 5.74) is 0. The standard InChI is InChI=1S/C14H22N4O4/c1-2-16-13(15-1)11-21-9-7-19-5-6-20-8-10-22-12-14-17-3-4-18-14/h1-4H,5-12H2,(H,15,16)(H,17,18). The molecule has 2 aromatic heterocycles. The molecule has 0 bridgehead atoms. The third kappa shape index (κ3) is 7.32. The van der Waals surface area contributed by atoms with Crippen LogP contribution in [0.1, 0.15) is 11.6 Å². The lowest BCUT2D eigenvalue weighted by Crippen LogP contribution is -2.12. The second kappa shape index (κ2) is 10.9. The Bertz CT molecular complexity index is 417. The zero-order valence-electron chi connectivity index (χ0n) is 12.5. The molecule has 0 amide bonds. The Labute approximate surface area is 129 Å². The van der Waals surface area contributed by atoms with Crippen LogP contribution in [0.5, 0.6) is 0 Å². The van der Waals surface area contributed by atoms with Crippen molar-refractivity contribution >= 4 is 0 Å². The minimum absolute atomic E-state index is 0.472. The molecule has 0 unspecified atom stereocenters. The molecule has 2 rings (SSSR count). The van der Waals surface area contributed by atoms with Gasteiger partial charge in [-0.05, 0) is 0 Å². The van der Waals surface area contributed by atoms with Crippen molar-refractivity contribution in [3.8, 4) is 0 Å². The molecule has 8 heteroatoms. The van der Waals surface area contributed by atoms with Crippen LogP contribution in [0.2, 0.25) is 0 Å². The first-order valence-corrected chi connectivity index (χ1v) is 7.22. The lowest BCUT2D eigenvalue weighted by atomic mass is 10.6. The third-order valence-electron chi connectivity index (χ3n) is 2.70. The normalized spacial score (nSPS) is 11.1. The van der Waals surface area contributed by atoms with Crippen LogP contribution in [-0.2, 0) is 32.2 Å². The van der Waals surface area contributed by atoms with E-state index in [1.807, 2.05) is 0 Å². The minimum Gasteiger partial charge on any atom is -0.377 e. The van der Waals surface area contributed by atoms with E-state index in [0.717, 1.165) is 11.6 Å². The fourth-order valence-corrected chi connectivity index (χ4v) is 1.65. The molecule has 0 aromatic carbocycles. The zero-order chi connectivity index (χ0) is 15.3. The second-order valence-electron chi connectivity index (χ2n) is 4.40. The number of hydrogen-bond acceptors (Lipinski definition) is 6. The van der Waals surface area contributed by atoms with E-state index in [1.165, 1.54) is 0 Å². The van der Waals surface area contributed by atoms with Gasteiger partial charge in [0.05, 0.1) is 39.6 Å². The second-order valence-corrected chi connectivity index (χ2v) is 4.40. The number of rotatable bonds is 13. The van der Waals surface area contributed by atoms with E-state index < -0.39 is 0 Å². The highest BCUT2D eigenvalue weighted by Crippen LogP contribution is 1.93. The molecule has 0 aliphatic heterocycles. The summed E-state index contributed by atoms with van der Waals surface area (Å²) in [5.74, 6) is 1.63. The first kappa shape index (κ1) is 16.6. The number of aromatic amines is 2. The molecule has 8 nitrogen and oxygen atoms in total. The maximum atomic E-state index is 5.38. The third-order valence-corrected chi connectivity index (χ3v) is 2.70. The Hall–Kier alpha value is -1.74. The molecular weight excluding hydrogens is 288 g/mol. The van der Waals surface area contributed by atoms with Gasteiger partial charge in [0.2, 0.25) is 0 Å². The van der Waals surface area contributed by atoms with Crippen LogP contribution in [0, 0.1) is 0 Å². The molecule has 0 atom stereocenters. The molecule has 0 aliphatic rings. The molecule has 0 saturated heterocycles. The van der Waals surface area contributed by atoms with Crippen LogP contribution in [0.3, 0.4) is 0 Å². The Kier molecular flexibility index (Phi) is 8.25. The summed E-state index contributed by atoms with van der Waals surface area (Å²) in [7, 11) is 0. The minimum atomic E-state index is 0.472. The summed E-state index contributed by atoms with van der Waals surface area (Å²) < 4.78 is 21.5. The summed E-state index contributed by atoms with van der Waals surface area (Å²) >= 11 is 0. The van der Waals surface area contributed by atoms with Crippen LogP contribution in [0.25, 0.3) is 0 Å². The van der Waals surface area contributed by atoms with Crippen molar-refractivity contribution in [2.75, 3.05) is 39.6 Å². The summed E-state index contributed by atoms with van der Waals surface area (Å²) in [6.07, 6.45) is 6.94. The maximum Gasteiger partial charge on any atom is 0.132 e. The van der Waals surface area contributed by atoms with E-state index in [2.05, 4.69) is 19.9 Å². The number of nitrogens with zero attached hydrogens (tertiary/aromatic N) is 2. The van der Waals surface area contributed by atoms with Gasteiger partial charge in [-0.1, -0.05) is 0 Å². The average Bonchev–Trinajstić information content (AvgIpc) is 3.21. The lowest BCUT2D eigenvalue weighted by Gasteiger charge is -2.06. The largest absolute Gasteiger partial charge is 0.377 e. The van der Waals surface area contributed by atoms with E-state index >= 15 is 0 Å². The molecule has 2 heterocycles. The summed E-state index contributed by atoms with van der Waals surface area (Å²) in [6, 6.07) is 0. The van der Waals surface area contributed by atoms with E-state index in [0.29, 0.717) is 52.9 Å². The van der Waals surface area contributed by atoms with Gasteiger partial charge in [-0.25, -0.2) is 9.97 Å². The fourth-order valence-electron chi connectivity index (χ4n) is 1.65. The smallest absolute Gasteiger partial charge is 0.132 e. The number of H-pyrrole nitrogens is 2. The van der Waals surface area contributed by atoms with Gasteiger partial charge in [0.25, 0.3) is 0 Å². The zero-order valence-corrected chi connectivity index (χ0v) is 12.5. The summed E-state index contributed by atoms with van der Waals surface area (Å²) in [5, 5.41) is 0. The maximum absolute atomic E-state index is 5.38. The van der Waals surface area contributed by atoms with E-state index in [1.54, 1.807) is 24.8 Å². The fraction of sp³-hybridized carbons (Fsp3) is 0.571. The number of nitrogens with one attached hydrogen (secondary N) is 2. The van der Waals surface area contributed by atoms with Gasteiger partial charge in [-0.15, -0.1) is 0 Å². The highest BCUT2D eigenvalue weighted by Gasteiger charge is 1.96. The molecule has 22 heavy (non-hydrogen) atoms. The molecule has 0 spiro atoms. The SMILES string of the molecule is c1c[nH]c(COCCOCCOCCOCc2ncc[nH]2)n1. The van der Waals surface area contributed by atoms with Crippen molar-refractivity contribution in [2.45, 2.75) is 13.2 Å². The van der Waals surface area contributed by atoms with Gasteiger partial charge in [-0.2, -0.15) is 0 Å². The molecule has 0 aliphatic carbocycles. The first-order chi connectivity index (χ1) is 10.9. The van der Waals surface area contributed by atoms with Crippen molar-refractivity contribution in [2.24, 2.45) is 0 Å². The van der Waals surface area contributed by atoms with Crippen LogP contribution in [-0.4, -0.2) is 59.6 Å². The monoisotopic (exact) mass is 310 g/mol. The molecule has 0 saturated carbocycles. The Morgan fingerprint density at radius 3 is 1.41 bits per heavy atom. The van der Waals surface area contributed by atoms with Crippen molar-refractivity contribution in [3.05, 3.63) is 36.4 Å². The van der Waals surface area contributed by atoms with E-state index in [9.17, 15) is 0 Å². The van der Waals surface area contributed by atoms with Crippen LogP contribution in [0.4, 0.5) is 0 Å². The number of hydrogen-bond donors (Lipinski definition) is 2. The Balaban J connectivity index is 1.29. The van der Waals surface area contributed by atoms with Gasteiger partial charge in [0.15, 0.2) is 0 Å². The van der Waals surface area contributed by atoms with Gasteiger partial charge in [0.1, 0.15) is 24.9 Å². The van der Waals surface area contributed by atoms with Crippen LogP contribution < -0.4 is 0 Å². The highest BCUT2D eigenvalue weighted by atomic mass is 16.6. The van der Waals surface area contributed by atoms with Gasteiger partial charge >= 0.3 is 0 Å². The number of aromatic nitrogens is 4. The molecule has 122 valence electrons. The first-order valence-electron chi connectivity index (χ1n) is 7.22.